The summed E-state index contributed by atoms with van der Waals surface area (Å²) in [6.07, 6.45) is 3.85. The highest BCUT2D eigenvalue weighted by atomic mass is 32.1. The van der Waals surface area contributed by atoms with Crippen LogP contribution < -0.4 is 15.2 Å². The molecular formula is C13H19N3O2S. The Morgan fingerprint density at radius 1 is 1.53 bits per heavy atom. The Labute approximate surface area is 118 Å². The van der Waals surface area contributed by atoms with E-state index in [4.69, 9.17) is 27.4 Å². The number of pyridine rings is 1. The van der Waals surface area contributed by atoms with Crippen molar-refractivity contribution in [2.75, 3.05) is 20.8 Å². The standard InChI is InChI=1S/C13H19N3O2S/c1-17-11-5-6-15-9(12(11)18-2)8-16-7-3-4-10(16)13(14)19/h5-6,10H,3-4,7-8H2,1-2H3,(H2,14,19). The van der Waals surface area contributed by atoms with Crippen molar-refractivity contribution in [3.8, 4) is 11.5 Å². The molecule has 2 rings (SSSR count). The van der Waals surface area contributed by atoms with E-state index < -0.39 is 0 Å². The Morgan fingerprint density at radius 3 is 2.95 bits per heavy atom. The molecule has 1 atom stereocenters. The molecule has 0 amide bonds. The van der Waals surface area contributed by atoms with Gasteiger partial charge in [-0.1, -0.05) is 12.2 Å². The summed E-state index contributed by atoms with van der Waals surface area (Å²) < 4.78 is 10.7. The van der Waals surface area contributed by atoms with Crippen LogP contribution in [0, 0.1) is 0 Å². The number of likely N-dealkylation sites (tertiary alicyclic amines) is 1. The van der Waals surface area contributed by atoms with Crippen LogP contribution in [0.2, 0.25) is 0 Å². The molecule has 5 nitrogen and oxygen atoms in total. The summed E-state index contributed by atoms with van der Waals surface area (Å²) in [6, 6.07) is 1.95. The van der Waals surface area contributed by atoms with E-state index in [9.17, 15) is 0 Å². The predicted octanol–water partition coefficient (Wildman–Crippen LogP) is 1.35. The molecule has 1 aliphatic heterocycles. The number of rotatable bonds is 5. The molecule has 0 bridgehead atoms. The van der Waals surface area contributed by atoms with E-state index in [0.29, 0.717) is 23.0 Å². The predicted molar refractivity (Wildman–Crippen MR) is 77.6 cm³/mol. The lowest BCUT2D eigenvalue weighted by atomic mass is 10.2. The van der Waals surface area contributed by atoms with Gasteiger partial charge in [0.1, 0.15) is 5.69 Å². The van der Waals surface area contributed by atoms with E-state index in [0.717, 1.165) is 25.1 Å². The smallest absolute Gasteiger partial charge is 0.183 e. The number of hydrogen-bond donors (Lipinski definition) is 1. The first-order valence-electron chi connectivity index (χ1n) is 6.26. The van der Waals surface area contributed by atoms with Crippen LogP contribution >= 0.6 is 12.2 Å². The first-order chi connectivity index (χ1) is 9.17. The first kappa shape index (κ1) is 14.0. The molecule has 0 saturated carbocycles. The van der Waals surface area contributed by atoms with E-state index in [1.807, 2.05) is 0 Å². The molecule has 1 saturated heterocycles. The maximum Gasteiger partial charge on any atom is 0.183 e. The van der Waals surface area contributed by atoms with Crippen molar-refractivity contribution in [2.45, 2.75) is 25.4 Å². The fourth-order valence-electron chi connectivity index (χ4n) is 2.49. The van der Waals surface area contributed by atoms with Gasteiger partial charge >= 0.3 is 0 Å². The van der Waals surface area contributed by atoms with Crippen molar-refractivity contribution in [3.05, 3.63) is 18.0 Å². The van der Waals surface area contributed by atoms with E-state index in [-0.39, 0.29) is 6.04 Å². The monoisotopic (exact) mass is 281 g/mol. The zero-order valence-corrected chi connectivity index (χ0v) is 12.1. The minimum atomic E-state index is 0.160. The molecular weight excluding hydrogens is 262 g/mol. The third kappa shape index (κ3) is 2.96. The number of nitrogens with zero attached hydrogens (tertiary/aromatic N) is 2. The van der Waals surface area contributed by atoms with Gasteiger partial charge in [-0.05, 0) is 19.4 Å². The van der Waals surface area contributed by atoms with Gasteiger partial charge in [0, 0.05) is 18.8 Å². The minimum absolute atomic E-state index is 0.160. The molecule has 0 aliphatic carbocycles. The van der Waals surface area contributed by atoms with Crippen LogP contribution in [0.5, 0.6) is 11.5 Å². The lowest BCUT2D eigenvalue weighted by Crippen LogP contribution is -2.38. The van der Waals surface area contributed by atoms with E-state index in [1.165, 1.54) is 0 Å². The fourth-order valence-corrected chi connectivity index (χ4v) is 2.76. The highest BCUT2D eigenvalue weighted by Gasteiger charge is 2.28. The number of hydrogen-bond acceptors (Lipinski definition) is 5. The Morgan fingerprint density at radius 2 is 2.32 bits per heavy atom. The second kappa shape index (κ2) is 6.16. The molecule has 0 spiro atoms. The molecule has 19 heavy (non-hydrogen) atoms. The molecule has 104 valence electrons. The summed E-state index contributed by atoms with van der Waals surface area (Å²) >= 11 is 5.12. The van der Waals surface area contributed by atoms with Crippen LogP contribution in [0.4, 0.5) is 0 Å². The van der Waals surface area contributed by atoms with Gasteiger partial charge in [0.2, 0.25) is 0 Å². The van der Waals surface area contributed by atoms with Gasteiger partial charge in [-0.15, -0.1) is 0 Å². The Kier molecular flexibility index (Phi) is 4.55. The summed E-state index contributed by atoms with van der Waals surface area (Å²) in [6.45, 7) is 1.65. The fraction of sp³-hybridized carbons (Fsp3) is 0.538. The number of thiocarbonyl (C=S) groups is 1. The van der Waals surface area contributed by atoms with E-state index in [2.05, 4.69) is 9.88 Å². The van der Waals surface area contributed by atoms with Gasteiger partial charge in [-0.25, -0.2) is 0 Å². The Bertz CT molecular complexity index is 467. The number of nitrogens with two attached hydrogens (primary N) is 1. The van der Waals surface area contributed by atoms with Crippen LogP contribution in [0.25, 0.3) is 0 Å². The van der Waals surface area contributed by atoms with E-state index >= 15 is 0 Å². The Balaban J connectivity index is 2.21. The lowest BCUT2D eigenvalue weighted by molar-refractivity contribution is 0.280. The normalized spacial score (nSPS) is 19.4. The molecule has 1 unspecified atom stereocenters. The molecule has 1 aliphatic rings. The number of methoxy groups -OCH3 is 2. The molecule has 1 aromatic heterocycles. The van der Waals surface area contributed by atoms with Gasteiger partial charge in [0.05, 0.1) is 25.2 Å². The van der Waals surface area contributed by atoms with Crippen LogP contribution in [0.1, 0.15) is 18.5 Å². The van der Waals surface area contributed by atoms with Crippen molar-refractivity contribution < 1.29 is 9.47 Å². The van der Waals surface area contributed by atoms with Gasteiger partial charge in [-0.2, -0.15) is 0 Å². The summed E-state index contributed by atoms with van der Waals surface area (Å²) in [7, 11) is 3.24. The molecule has 0 aromatic carbocycles. The third-order valence-corrected chi connectivity index (χ3v) is 3.68. The zero-order chi connectivity index (χ0) is 13.8. The van der Waals surface area contributed by atoms with Crippen molar-refractivity contribution >= 4 is 17.2 Å². The molecule has 1 aromatic rings. The third-order valence-electron chi connectivity index (χ3n) is 3.41. The molecule has 6 heteroatoms. The summed E-state index contributed by atoms with van der Waals surface area (Å²) in [5.74, 6) is 1.37. The minimum Gasteiger partial charge on any atom is -0.493 e. The Hall–Kier alpha value is -1.40. The van der Waals surface area contributed by atoms with Crippen molar-refractivity contribution in [2.24, 2.45) is 5.73 Å². The van der Waals surface area contributed by atoms with Crippen LogP contribution in [0.3, 0.4) is 0 Å². The second-order valence-electron chi connectivity index (χ2n) is 4.52. The quantitative estimate of drug-likeness (QED) is 0.822. The maximum absolute atomic E-state index is 5.78. The average molecular weight is 281 g/mol. The van der Waals surface area contributed by atoms with Gasteiger partial charge in [-0.3, -0.25) is 9.88 Å². The van der Waals surface area contributed by atoms with Gasteiger partial charge in [0.25, 0.3) is 0 Å². The largest absolute Gasteiger partial charge is 0.493 e. The van der Waals surface area contributed by atoms with Crippen molar-refractivity contribution in [1.29, 1.82) is 0 Å². The van der Waals surface area contributed by atoms with Crippen LogP contribution in [-0.2, 0) is 6.54 Å². The summed E-state index contributed by atoms with van der Waals surface area (Å²) in [5, 5.41) is 0. The molecule has 2 heterocycles. The van der Waals surface area contributed by atoms with Crippen LogP contribution in [0.15, 0.2) is 12.3 Å². The number of aromatic nitrogens is 1. The highest BCUT2D eigenvalue weighted by Crippen LogP contribution is 2.31. The molecule has 0 radical (unpaired) electrons. The molecule has 2 N–H and O–H groups in total. The molecule has 1 fully saturated rings. The second-order valence-corrected chi connectivity index (χ2v) is 5.00. The first-order valence-corrected chi connectivity index (χ1v) is 6.67. The van der Waals surface area contributed by atoms with Crippen molar-refractivity contribution in [1.82, 2.24) is 9.88 Å². The topological polar surface area (TPSA) is 60.6 Å². The summed E-state index contributed by atoms with van der Waals surface area (Å²) in [4.78, 5) is 7.18. The average Bonchev–Trinajstić information content (AvgIpc) is 2.86. The van der Waals surface area contributed by atoms with E-state index in [1.54, 1.807) is 26.5 Å². The lowest BCUT2D eigenvalue weighted by Gasteiger charge is -2.24. The van der Waals surface area contributed by atoms with Crippen LogP contribution in [-0.4, -0.2) is 41.7 Å². The van der Waals surface area contributed by atoms with Crippen molar-refractivity contribution in [3.63, 3.8) is 0 Å². The SMILES string of the molecule is COc1ccnc(CN2CCCC2C(N)=S)c1OC. The van der Waals surface area contributed by atoms with Gasteiger partial charge in [0.15, 0.2) is 11.5 Å². The summed E-state index contributed by atoms with van der Waals surface area (Å²) in [5.41, 5.74) is 6.63. The zero-order valence-electron chi connectivity index (χ0n) is 11.3. The number of ether oxygens (including phenoxy) is 2. The highest BCUT2D eigenvalue weighted by molar-refractivity contribution is 7.80. The maximum atomic E-state index is 5.78. The van der Waals surface area contributed by atoms with Gasteiger partial charge < -0.3 is 15.2 Å².